The fourth-order valence-corrected chi connectivity index (χ4v) is 2.46. The van der Waals surface area contributed by atoms with E-state index in [-0.39, 0.29) is 11.5 Å². The Balaban J connectivity index is 0.000000463. The van der Waals surface area contributed by atoms with Crippen molar-refractivity contribution in [2.45, 2.75) is 20.4 Å². The van der Waals surface area contributed by atoms with E-state index in [9.17, 15) is 27.5 Å². The third kappa shape index (κ3) is 7.14. The molecule has 10 heteroatoms. The molecule has 2 rings (SSSR count). The number of phenolic OH excluding ortho intramolecular Hbond substituents is 2. The summed E-state index contributed by atoms with van der Waals surface area (Å²) in [5.74, 6) is -0.217. The molecule has 126 valence electrons. The van der Waals surface area contributed by atoms with Crippen LogP contribution in [0.25, 0.3) is 12.2 Å². The molecule has 0 atom stereocenters. The van der Waals surface area contributed by atoms with Crippen LogP contribution in [0, 0.1) is 6.92 Å². The second-order valence-corrected chi connectivity index (χ2v) is 5.56. The van der Waals surface area contributed by atoms with Crippen LogP contribution in [0.15, 0.2) is 18.2 Å². The van der Waals surface area contributed by atoms with E-state index in [1.165, 1.54) is 12.1 Å². The molecule has 1 aromatic heterocycles. The van der Waals surface area contributed by atoms with Crippen molar-refractivity contribution in [3.05, 3.63) is 33.8 Å². The molecule has 1 aromatic carbocycles. The summed E-state index contributed by atoms with van der Waals surface area (Å²) in [6.07, 6.45) is 3.85. The normalized spacial score (nSPS) is 11.4. The van der Waals surface area contributed by atoms with E-state index in [1.807, 2.05) is 30.7 Å². The van der Waals surface area contributed by atoms with E-state index in [2.05, 4.69) is 5.10 Å². The lowest BCUT2D eigenvalue weighted by atomic mass is 10.2. The van der Waals surface area contributed by atoms with Gasteiger partial charge in [0.25, 0.3) is 5.01 Å². The van der Waals surface area contributed by atoms with Gasteiger partial charge in [-0.3, -0.25) is 0 Å². The maximum absolute atomic E-state index is 9.75. The SMILES string of the molecule is CC[n+]1nc(C)sc1/C=C/c1ccc(O)c(O)c1.F[B-](F)(F)F. The Morgan fingerprint density at radius 1 is 1.17 bits per heavy atom. The van der Waals surface area contributed by atoms with Gasteiger partial charge in [0, 0.05) is 11.2 Å². The third-order valence-electron chi connectivity index (χ3n) is 2.49. The quantitative estimate of drug-likeness (QED) is 0.385. The molecule has 2 aromatic rings. The Morgan fingerprint density at radius 2 is 1.78 bits per heavy atom. The summed E-state index contributed by atoms with van der Waals surface area (Å²) in [5.41, 5.74) is 0.832. The molecule has 4 nitrogen and oxygen atoms in total. The minimum atomic E-state index is -6.00. The minimum Gasteiger partial charge on any atom is -0.504 e. The van der Waals surface area contributed by atoms with Gasteiger partial charge in [0.2, 0.25) is 0 Å². The van der Waals surface area contributed by atoms with Crippen LogP contribution in [0.3, 0.4) is 0 Å². The van der Waals surface area contributed by atoms with Gasteiger partial charge in [-0.25, -0.2) is 0 Å². The van der Waals surface area contributed by atoms with Crippen LogP contribution >= 0.6 is 11.3 Å². The highest BCUT2D eigenvalue weighted by atomic mass is 32.1. The summed E-state index contributed by atoms with van der Waals surface area (Å²) in [4.78, 5) is 0. The zero-order valence-corrected chi connectivity index (χ0v) is 13.2. The van der Waals surface area contributed by atoms with Crippen LogP contribution in [0.4, 0.5) is 17.3 Å². The Labute approximate surface area is 134 Å². The fourth-order valence-electron chi connectivity index (χ4n) is 1.60. The van der Waals surface area contributed by atoms with Crippen molar-refractivity contribution in [3.63, 3.8) is 0 Å². The number of rotatable bonds is 3. The smallest absolute Gasteiger partial charge is 0.504 e. The lowest BCUT2D eigenvalue weighted by Crippen LogP contribution is -2.36. The van der Waals surface area contributed by atoms with Gasteiger partial charge in [-0.05, 0) is 49.0 Å². The van der Waals surface area contributed by atoms with Gasteiger partial charge >= 0.3 is 7.25 Å². The second kappa shape index (κ2) is 7.95. The van der Waals surface area contributed by atoms with Crippen molar-refractivity contribution in [3.8, 4) is 11.5 Å². The first-order valence-corrected chi connectivity index (χ1v) is 7.36. The summed E-state index contributed by atoms with van der Waals surface area (Å²) < 4.78 is 40.9. The predicted molar refractivity (Wildman–Crippen MR) is 81.6 cm³/mol. The van der Waals surface area contributed by atoms with Crippen LogP contribution in [0.1, 0.15) is 22.5 Å². The number of aromatic nitrogens is 2. The Kier molecular flexibility index (Phi) is 6.55. The van der Waals surface area contributed by atoms with Crippen LogP contribution in [0.5, 0.6) is 11.5 Å². The molecule has 0 aliphatic rings. The van der Waals surface area contributed by atoms with Gasteiger partial charge in [-0.15, -0.1) is 0 Å². The number of aromatic hydroxyl groups is 2. The van der Waals surface area contributed by atoms with Crippen molar-refractivity contribution in [1.29, 1.82) is 0 Å². The lowest BCUT2D eigenvalue weighted by Gasteiger charge is -1.97. The zero-order valence-electron chi connectivity index (χ0n) is 12.4. The van der Waals surface area contributed by atoms with Crippen LogP contribution in [-0.4, -0.2) is 22.6 Å². The average Bonchev–Trinajstić information content (AvgIpc) is 2.78. The number of hydrogen-bond donors (Lipinski definition) is 2. The number of hydrogen-bond acceptors (Lipinski definition) is 4. The van der Waals surface area contributed by atoms with Gasteiger partial charge in [0.05, 0.1) is 0 Å². The molecule has 23 heavy (non-hydrogen) atoms. The van der Waals surface area contributed by atoms with Crippen molar-refractivity contribution >= 4 is 30.7 Å². The van der Waals surface area contributed by atoms with Gasteiger partial charge in [-0.2, -0.15) is 0 Å². The van der Waals surface area contributed by atoms with Crippen LogP contribution in [-0.2, 0) is 6.54 Å². The number of phenols is 2. The van der Waals surface area contributed by atoms with E-state index in [0.717, 1.165) is 22.1 Å². The molecule has 0 aliphatic carbocycles. The van der Waals surface area contributed by atoms with Gasteiger partial charge in [-0.1, -0.05) is 10.7 Å². The average molecular weight is 350 g/mol. The summed E-state index contributed by atoms with van der Waals surface area (Å²) in [5, 5.41) is 25.1. The topological polar surface area (TPSA) is 57.2 Å². The molecular weight excluding hydrogens is 335 g/mol. The van der Waals surface area contributed by atoms with E-state index >= 15 is 0 Å². The van der Waals surface area contributed by atoms with Crippen molar-refractivity contribution in [2.24, 2.45) is 0 Å². The van der Waals surface area contributed by atoms with Crippen molar-refractivity contribution in [1.82, 2.24) is 5.10 Å². The maximum atomic E-state index is 9.75. The van der Waals surface area contributed by atoms with Crippen molar-refractivity contribution < 1.29 is 32.2 Å². The largest absolute Gasteiger partial charge is 0.673 e. The molecule has 0 fully saturated rings. The Morgan fingerprint density at radius 3 is 2.30 bits per heavy atom. The van der Waals surface area contributed by atoms with Crippen LogP contribution < -0.4 is 4.68 Å². The molecule has 0 unspecified atom stereocenters. The van der Waals surface area contributed by atoms with Crippen LogP contribution in [0.2, 0.25) is 0 Å². The van der Waals surface area contributed by atoms with Gasteiger partial charge < -0.3 is 27.5 Å². The first-order chi connectivity index (χ1) is 10.6. The van der Waals surface area contributed by atoms with Gasteiger partial charge in [0.15, 0.2) is 23.1 Å². The molecule has 0 aliphatic heterocycles. The number of nitrogens with zero attached hydrogens (tertiary/aromatic N) is 2. The number of halogens is 4. The minimum absolute atomic E-state index is 0.107. The first kappa shape index (κ1) is 19.0. The predicted octanol–water partition coefficient (Wildman–Crippen LogP) is 3.64. The number of benzene rings is 1. The van der Waals surface area contributed by atoms with E-state index < -0.39 is 7.25 Å². The van der Waals surface area contributed by atoms with Crippen molar-refractivity contribution in [2.75, 3.05) is 0 Å². The molecule has 0 saturated heterocycles. The standard InChI is InChI=1S/C13H14N2O2S.BF4/c1-3-15-13(18-9(2)14-15)7-5-10-4-6-11(16)12(17)8-10;2-1(3,4)5/h4-8,17H,3H2,1-2H3;/q;-1/p+1. The molecule has 1 heterocycles. The highest BCUT2D eigenvalue weighted by Gasteiger charge is 2.20. The lowest BCUT2D eigenvalue weighted by molar-refractivity contribution is -0.747. The fraction of sp³-hybridized carbons (Fsp3) is 0.231. The van der Waals surface area contributed by atoms with Gasteiger partial charge in [0.1, 0.15) is 0 Å². The first-order valence-electron chi connectivity index (χ1n) is 6.55. The van der Waals surface area contributed by atoms with E-state index in [0.29, 0.717) is 0 Å². The monoisotopic (exact) mass is 350 g/mol. The maximum Gasteiger partial charge on any atom is 0.673 e. The number of aryl methyl sites for hydroxylation is 2. The summed E-state index contributed by atoms with van der Waals surface area (Å²) >= 11 is 1.62. The molecule has 0 radical (unpaired) electrons. The zero-order chi connectivity index (χ0) is 17.6. The second-order valence-electron chi connectivity index (χ2n) is 4.35. The molecular formula is C13H15BF4N2O2S. The molecule has 0 bridgehead atoms. The Hall–Kier alpha value is -2.10. The summed E-state index contributed by atoms with van der Waals surface area (Å²) in [6, 6.07) is 4.74. The molecule has 0 amide bonds. The van der Waals surface area contributed by atoms with E-state index in [1.54, 1.807) is 17.4 Å². The van der Waals surface area contributed by atoms with E-state index in [4.69, 9.17) is 0 Å². The summed E-state index contributed by atoms with van der Waals surface area (Å²) in [6.45, 7) is 4.84. The molecule has 0 spiro atoms. The third-order valence-corrected chi connectivity index (χ3v) is 3.42. The highest BCUT2D eigenvalue weighted by molar-refractivity contribution is 7.11. The highest BCUT2D eigenvalue weighted by Crippen LogP contribution is 2.25. The molecule has 0 saturated carbocycles. The Bertz CT molecular complexity index is 683. The summed E-state index contributed by atoms with van der Waals surface area (Å²) in [7, 11) is -6.00. The molecule has 2 N–H and O–H groups in total.